The SMILES string of the molecule is N#Cc1cc(F)c(-n2c(=O)cc(C(=O)O)[nH]c2=O)cc1Oc1ccccc1. The second-order valence-electron chi connectivity index (χ2n) is 5.29. The maximum absolute atomic E-state index is 14.4. The number of halogens is 1. The monoisotopic (exact) mass is 367 g/mol. The summed E-state index contributed by atoms with van der Waals surface area (Å²) in [5.41, 5.74) is -3.45. The number of nitrogens with one attached hydrogen (secondary N) is 1. The Labute approximate surface area is 150 Å². The van der Waals surface area contributed by atoms with E-state index >= 15 is 0 Å². The highest BCUT2D eigenvalue weighted by molar-refractivity contribution is 5.84. The lowest BCUT2D eigenvalue weighted by atomic mass is 10.1. The number of aromatic nitrogens is 2. The lowest BCUT2D eigenvalue weighted by Gasteiger charge is -2.11. The van der Waals surface area contributed by atoms with Crippen LogP contribution in [0.25, 0.3) is 5.69 Å². The molecule has 0 saturated carbocycles. The Balaban J connectivity index is 2.19. The minimum atomic E-state index is -1.51. The molecule has 8 nitrogen and oxygen atoms in total. The maximum Gasteiger partial charge on any atom is 0.352 e. The van der Waals surface area contributed by atoms with E-state index in [4.69, 9.17) is 9.84 Å². The molecule has 1 heterocycles. The fourth-order valence-electron chi connectivity index (χ4n) is 2.34. The number of hydrogen-bond donors (Lipinski definition) is 2. The predicted molar refractivity (Wildman–Crippen MR) is 90.8 cm³/mol. The average Bonchev–Trinajstić information content (AvgIpc) is 2.64. The van der Waals surface area contributed by atoms with Gasteiger partial charge in [-0.25, -0.2) is 18.5 Å². The van der Waals surface area contributed by atoms with Crippen molar-refractivity contribution in [3.8, 4) is 23.3 Å². The Bertz CT molecular complexity index is 1160. The van der Waals surface area contributed by atoms with Crippen molar-refractivity contribution in [1.82, 2.24) is 9.55 Å². The van der Waals surface area contributed by atoms with Gasteiger partial charge in [-0.05, 0) is 18.2 Å². The molecule has 0 atom stereocenters. The van der Waals surface area contributed by atoms with Gasteiger partial charge in [0.1, 0.15) is 29.1 Å². The molecule has 0 bridgehead atoms. The highest BCUT2D eigenvalue weighted by Gasteiger charge is 2.18. The molecule has 0 spiro atoms. The van der Waals surface area contributed by atoms with E-state index in [1.165, 1.54) is 0 Å². The van der Waals surface area contributed by atoms with Gasteiger partial charge in [-0.15, -0.1) is 0 Å². The molecule has 3 rings (SSSR count). The molecule has 0 unspecified atom stereocenters. The van der Waals surface area contributed by atoms with Gasteiger partial charge in [0.15, 0.2) is 0 Å². The number of H-pyrrole nitrogens is 1. The van der Waals surface area contributed by atoms with E-state index in [1.54, 1.807) is 36.4 Å². The molecule has 0 aliphatic rings. The third-order valence-corrected chi connectivity index (χ3v) is 3.54. The van der Waals surface area contributed by atoms with Crippen molar-refractivity contribution in [2.24, 2.45) is 0 Å². The molecule has 0 aliphatic carbocycles. The Morgan fingerprint density at radius 3 is 2.48 bits per heavy atom. The first-order chi connectivity index (χ1) is 12.9. The van der Waals surface area contributed by atoms with Crippen LogP contribution in [-0.4, -0.2) is 20.6 Å². The molecule has 0 amide bonds. The Hall–Kier alpha value is -4.19. The predicted octanol–water partition coefficient (Wildman–Crippen LogP) is 2.03. The van der Waals surface area contributed by atoms with Gasteiger partial charge < -0.3 is 14.8 Å². The van der Waals surface area contributed by atoms with Crippen molar-refractivity contribution in [2.75, 3.05) is 0 Å². The van der Waals surface area contributed by atoms with E-state index < -0.39 is 34.4 Å². The molecular formula is C18H10FN3O5. The molecule has 3 aromatic rings. The summed E-state index contributed by atoms with van der Waals surface area (Å²) in [6.07, 6.45) is 0. The largest absolute Gasteiger partial charge is 0.477 e. The van der Waals surface area contributed by atoms with Gasteiger partial charge >= 0.3 is 11.7 Å². The quantitative estimate of drug-likeness (QED) is 0.727. The molecule has 0 saturated heterocycles. The summed E-state index contributed by atoms with van der Waals surface area (Å²) in [6, 6.07) is 12.6. The number of carboxylic acid groups (broad SMARTS) is 1. The fraction of sp³-hybridized carbons (Fsp3) is 0. The van der Waals surface area contributed by atoms with Crippen LogP contribution < -0.4 is 16.0 Å². The van der Waals surface area contributed by atoms with Crippen molar-refractivity contribution in [3.05, 3.63) is 86.4 Å². The fourth-order valence-corrected chi connectivity index (χ4v) is 2.34. The smallest absolute Gasteiger partial charge is 0.352 e. The van der Waals surface area contributed by atoms with Crippen LogP contribution in [0.2, 0.25) is 0 Å². The van der Waals surface area contributed by atoms with E-state index in [0.717, 1.165) is 12.1 Å². The number of rotatable bonds is 4. The van der Waals surface area contributed by atoms with Gasteiger partial charge in [0.25, 0.3) is 5.56 Å². The lowest BCUT2D eigenvalue weighted by molar-refractivity contribution is 0.0689. The highest BCUT2D eigenvalue weighted by atomic mass is 19.1. The standard InChI is InChI=1S/C18H10FN3O5/c19-12-6-10(9-20)15(27-11-4-2-1-3-5-11)8-14(12)22-16(23)7-13(17(24)25)21-18(22)26/h1-8H,(H,21,26)(H,24,25). The zero-order valence-electron chi connectivity index (χ0n) is 13.5. The number of nitriles is 1. The highest BCUT2D eigenvalue weighted by Crippen LogP contribution is 2.28. The van der Waals surface area contributed by atoms with Crippen molar-refractivity contribution in [3.63, 3.8) is 0 Å². The van der Waals surface area contributed by atoms with Gasteiger partial charge in [-0.1, -0.05) is 18.2 Å². The van der Waals surface area contributed by atoms with Crippen LogP contribution >= 0.6 is 0 Å². The number of nitrogens with zero attached hydrogens (tertiary/aromatic N) is 2. The van der Waals surface area contributed by atoms with Gasteiger partial charge in [0.2, 0.25) is 0 Å². The van der Waals surface area contributed by atoms with Crippen LogP contribution in [0.4, 0.5) is 4.39 Å². The summed E-state index contributed by atoms with van der Waals surface area (Å²) < 4.78 is 20.4. The molecule has 134 valence electrons. The van der Waals surface area contributed by atoms with Crippen LogP contribution in [0.15, 0.2) is 58.1 Å². The first-order valence-electron chi connectivity index (χ1n) is 7.47. The first-order valence-corrected chi connectivity index (χ1v) is 7.47. The summed E-state index contributed by atoms with van der Waals surface area (Å²) in [5, 5.41) is 18.1. The number of carboxylic acids is 1. The topological polar surface area (TPSA) is 125 Å². The van der Waals surface area contributed by atoms with Crippen molar-refractivity contribution in [1.29, 1.82) is 5.26 Å². The minimum Gasteiger partial charge on any atom is -0.477 e. The normalized spacial score (nSPS) is 10.2. The second-order valence-corrected chi connectivity index (χ2v) is 5.29. The first kappa shape index (κ1) is 17.6. The molecular weight excluding hydrogens is 357 g/mol. The van der Waals surface area contributed by atoms with Gasteiger partial charge in [-0.3, -0.25) is 4.79 Å². The lowest BCUT2D eigenvalue weighted by Crippen LogP contribution is -2.35. The third-order valence-electron chi connectivity index (χ3n) is 3.54. The summed E-state index contributed by atoms with van der Waals surface area (Å²) in [7, 11) is 0. The van der Waals surface area contributed by atoms with Crippen LogP contribution in [0.3, 0.4) is 0 Å². The van der Waals surface area contributed by atoms with E-state index in [2.05, 4.69) is 0 Å². The number of para-hydroxylation sites is 1. The summed E-state index contributed by atoms with van der Waals surface area (Å²) in [5.74, 6) is -2.25. The number of aromatic carboxylic acids is 1. The van der Waals surface area contributed by atoms with Crippen molar-refractivity contribution < 1.29 is 19.0 Å². The van der Waals surface area contributed by atoms with Crippen LogP contribution in [-0.2, 0) is 0 Å². The zero-order valence-corrected chi connectivity index (χ0v) is 13.5. The van der Waals surface area contributed by atoms with E-state index in [1.807, 2.05) is 4.98 Å². The Kier molecular flexibility index (Phi) is 4.55. The second kappa shape index (κ2) is 6.97. The molecule has 2 aromatic carbocycles. The third kappa shape index (κ3) is 3.45. The number of hydrogen-bond acceptors (Lipinski definition) is 5. The summed E-state index contributed by atoms with van der Waals surface area (Å²) in [6.45, 7) is 0. The maximum atomic E-state index is 14.4. The molecule has 0 radical (unpaired) electrons. The number of carbonyl (C=O) groups is 1. The summed E-state index contributed by atoms with van der Waals surface area (Å²) in [4.78, 5) is 37.2. The van der Waals surface area contributed by atoms with E-state index in [9.17, 15) is 24.0 Å². The van der Waals surface area contributed by atoms with Gasteiger partial charge in [-0.2, -0.15) is 5.26 Å². The average molecular weight is 367 g/mol. The van der Waals surface area contributed by atoms with E-state index in [-0.39, 0.29) is 11.3 Å². The number of ether oxygens (including phenoxy) is 1. The molecule has 9 heteroatoms. The van der Waals surface area contributed by atoms with Gasteiger partial charge in [0, 0.05) is 12.1 Å². The molecule has 1 aromatic heterocycles. The van der Waals surface area contributed by atoms with Crippen LogP contribution in [0, 0.1) is 17.1 Å². The minimum absolute atomic E-state index is 0.0753. The summed E-state index contributed by atoms with van der Waals surface area (Å²) >= 11 is 0. The van der Waals surface area contributed by atoms with Crippen molar-refractivity contribution in [2.45, 2.75) is 0 Å². The van der Waals surface area contributed by atoms with Crippen molar-refractivity contribution >= 4 is 5.97 Å². The molecule has 0 aliphatic heterocycles. The molecule has 2 N–H and O–H groups in total. The Morgan fingerprint density at radius 2 is 1.89 bits per heavy atom. The van der Waals surface area contributed by atoms with Crippen LogP contribution in [0.5, 0.6) is 11.5 Å². The molecule has 27 heavy (non-hydrogen) atoms. The zero-order chi connectivity index (χ0) is 19.6. The molecule has 0 fully saturated rings. The number of aromatic amines is 1. The Morgan fingerprint density at radius 1 is 1.19 bits per heavy atom. The number of benzene rings is 2. The van der Waals surface area contributed by atoms with E-state index in [0.29, 0.717) is 16.4 Å². The van der Waals surface area contributed by atoms with Gasteiger partial charge in [0.05, 0.1) is 11.3 Å². The van der Waals surface area contributed by atoms with Crippen LogP contribution in [0.1, 0.15) is 16.1 Å².